The molecular weight excluding hydrogens is 324 g/mol. The van der Waals surface area contributed by atoms with Gasteiger partial charge in [0.2, 0.25) is 0 Å². The molecule has 0 fully saturated rings. The molecule has 2 aromatic rings. The van der Waals surface area contributed by atoms with Gasteiger partial charge in [-0.25, -0.2) is 8.78 Å². The highest BCUT2D eigenvalue weighted by molar-refractivity contribution is 9.10. The van der Waals surface area contributed by atoms with Gasteiger partial charge >= 0.3 is 0 Å². The zero-order chi connectivity index (χ0) is 14.7. The van der Waals surface area contributed by atoms with E-state index < -0.39 is 17.7 Å². The van der Waals surface area contributed by atoms with Crippen LogP contribution in [0.2, 0.25) is 0 Å². The maximum Gasteiger partial charge on any atom is 0.132 e. The Bertz CT molecular complexity index is 573. The van der Waals surface area contributed by atoms with E-state index in [0.29, 0.717) is 11.0 Å². The zero-order valence-electron chi connectivity index (χ0n) is 11.4. The summed E-state index contributed by atoms with van der Waals surface area (Å²) in [4.78, 5) is 0. The Morgan fingerprint density at radius 2 is 1.65 bits per heavy atom. The normalized spacial score (nSPS) is 12.4. The van der Waals surface area contributed by atoms with Gasteiger partial charge in [0.15, 0.2) is 0 Å². The van der Waals surface area contributed by atoms with Crippen molar-refractivity contribution in [2.75, 3.05) is 6.54 Å². The van der Waals surface area contributed by atoms with Gasteiger partial charge in [0.25, 0.3) is 0 Å². The van der Waals surface area contributed by atoms with Gasteiger partial charge in [0.1, 0.15) is 11.6 Å². The van der Waals surface area contributed by atoms with Crippen molar-refractivity contribution in [3.63, 3.8) is 0 Å². The molecule has 0 saturated carbocycles. The number of benzene rings is 2. The summed E-state index contributed by atoms with van der Waals surface area (Å²) in [5.41, 5.74) is 2.01. The molecule has 1 nitrogen and oxygen atoms in total. The fraction of sp³-hybridized carbons (Fsp3) is 0.250. The molecule has 0 aliphatic heterocycles. The average Bonchev–Trinajstić information content (AvgIpc) is 2.37. The number of nitrogens with one attached hydrogen (secondary N) is 1. The highest BCUT2D eigenvalue weighted by atomic mass is 79.9. The number of rotatable bonds is 4. The summed E-state index contributed by atoms with van der Waals surface area (Å²) in [6.45, 7) is 4.51. The first-order valence-corrected chi connectivity index (χ1v) is 7.26. The molecule has 0 radical (unpaired) electrons. The molecule has 1 atom stereocenters. The van der Waals surface area contributed by atoms with Gasteiger partial charge in [0, 0.05) is 10.0 Å². The van der Waals surface area contributed by atoms with Gasteiger partial charge in [-0.15, -0.1) is 0 Å². The topological polar surface area (TPSA) is 12.0 Å². The van der Waals surface area contributed by atoms with Crippen LogP contribution >= 0.6 is 15.9 Å². The van der Waals surface area contributed by atoms with Gasteiger partial charge in [-0.3, -0.25) is 0 Å². The van der Waals surface area contributed by atoms with Crippen LogP contribution in [0.15, 0.2) is 40.9 Å². The Balaban J connectivity index is 2.51. The van der Waals surface area contributed by atoms with Crippen LogP contribution in [0.25, 0.3) is 0 Å². The minimum absolute atomic E-state index is 0.0545. The second-order valence-corrected chi connectivity index (χ2v) is 5.60. The van der Waals surface area contributed by atoms with E-state index in [1.165, 1.54) is 12.1 Å². The molecule has 0 aliphatic carbocycles. The molecule has 0 saturated heterocycles. The first-order valence-electron chi connectivity index (χ1n) is 6.47. The molecule has 0 amide bonds. The highest BCUT2D eigenvalue weighted by Crippen LogP contribution is 2.29. The molecule has 2 rings (SSSR count). The van der Waals surface area contributed by atoms with E-state index in [4.69, 9.17) is 0 Å². The Hall–Kier alpha value is -1.26. The Labute approximate surface area is 126 Å². The van der Waals surface area contributed by atoms with Crippen molar-refractivity contribution >= 4 is 15.9 Å². The van der Waals surface area contributed by atoms with E-state index in [1.807, 2.05) is 38.1 Å². The van der Waals surface area contributed by atoms with E-state index >= 15 is 0 Å². The number of hydrogen-bond acceptors (Lipinski definition) is 1. The molecule has 20 heavy (non-hydrogen) atoms. The van der Waals surface area contributed by atoms with Crippen molar-refractivity contribution in [1.29, 1.82) is 0 Å². The highest BCUT2D eigenvalue weighted by Gasteiger charge is 2.21. The molecule has 106 valence electrons. The lowest BCUT2D eigenvalue weighted by Crippen LogP contribution is -2.24. The maximum absolute atomic E-state index is 14.1. The molecule has 1 N–H and O–H groups in total. The fourth-order valence-electron chi connectivity index (χ4n) is 2.18. The summed E-state index contributed by atoms with van der Waals surface area (Å²) >= 11 is 3.10. The second kappa shape index (κ2) is 6.46. The predicted octanol–water partition coefficient (Wildman–Crippen LogP) is 4.73. The van der Waals surface area contributed by atoms with Crippen molar-refractivity contribution in [2.45, 2.75) is 19.9 Å². The van der Waals surface area contributed by atoms with Crippen LogP contribution in [0.1, 0.15) is 29.7 Å². The third kappa shape index (κ3) is 3.25. The van der Waals surface area contributed by atoms with Crippen LogP contribution in [0, 0.1) is 18.6 Å². The first-order chi connectivity index (χ1) is 9.52. The Morgan fingerprint density at radius 1 is 1.10 bits per heavy atom. The molecule has 1 unspecified atom stereocenters. The van der Waals surface area contributed by atoms with Crippen molar-refractivity contribution < 1.29 is 8.78 Å². The lowest BCUT2D eigenvalue weighted by Gasteiger charge is -2.20. The molecule has 0 aromatic heterocycles. The van der Waals surface area contributed by atoms with Crippen LogP contribution in [0.5, 0.6) is 0 Å². The largest absolute Gasteiger partial charge is 0.306 e. The van der Waals surface area contributed by atoms with Crippen molar-refractivity contribution in [2.24, 2.45) is 0 Å². The summed E-state index contributed by atoms with van der Waals surface area (Å²) < 4.78 is 28.7. The van der Waals surface area contributed by atoms with Gasteiger partial charge in [-0.2, -0.15) is 0 Å². The smallest absolute Gasteiger partial charge is 0.132 e. The number of halogens is 3. The van der Waals surface area contributed by atoms with Crippen molar-refractivity contribution in [3.8, 4) is 0 Å². The molecule has 0 aliphatic rings. The standard InChI is InChI=1S/C16H16BrF2N/c1-3-20-16(11-6-4-10(2)5-7-11)15-13(18)8-12(17)9-14(15)19/h4-9,16,20H,3H2,1-2H3. The van der Waals surface area contributed by atoms with E-state index in [2.05, 4.69) is 21.2 Å². The van der Waals surface area contributed by atoms with Gasteiger partial charge < -0.3 is 5.32 Å². The summed E-state index contributed by atoms with van der Waals surface area (Å²) in [6, 6.07) is 9.75. The summed E-state index contributed by atoms with van der Waals surface area (Å²) in [5, 5.41) is 3.14. The molecule has 0 spiro atoms. The Kier molecular flexibility index (Phi) is 4.89. The lowest BCUT2D eigenvalue weighted by atomic mass is 9.97. The van der Waals surface area contributed by atoms with Crippen LogP contribution < -0.4 is 5.32 Å². The second-order valence-electron chi connectivity index (χ2n) is 4.68. The van der Waals surface area contributed by atoms with E-state index in [0.717, 1.165) is 11.1 Å². The van der Waals surface area contributed by atoms with Crippen LogP contribution in [0.3, 0.4) is 0 Å². The molecular formula is C16H16BrF2N. The first kappa shape index (κ1) is 15.1. The third-order valence-electron chi connectivity index (χ3n) is 3.15. The monoisotopic (exact) mass is 339 g/mol. The van der Waals surface area contributed by atoms with Gasteiger partial charge in [-0.05, 0) is 31.2 Å². The predicted molar refractivity (Wildman–Crippen MR) is 80.8 cm³/mol. The number of aryl methyl sites for hydroxylation is 1. The number of hydrogen-bond donors (Lipinski definition) is 1. The SMILES string of the molecule is CCNC(c1ccc(C)cc1)c1c(F)cc(Br)cc1F. The average molecular weight is 340 g/mol. The van der Waals surface area contributed by atoms with E-state index in [1.54, 1.807) is 0 Å². The van der Waals surface area contributed by atoms with Gasteiger partial charge in [0.05, 0.1) is 6.04 Å². The zero-order valence-corrected chi connectivity index (χ0v) is 13.0. The third-order valence-corrected chi connectivity index (χ3v) is 3.61. The summed E-state index contributed by atoms with van der Waals surface area (Å²) in [6.07, 6.45) is 0. The quantitative estimate of drug-likeness (QED) is 0.848. The molecule has 2 aromatic carbocycles. The molecule has 0 heterocycles. The van der Waals surface area contributed by atoms with Crippen LogP contribution in [-0.2, 0) is 0 Å². The van der Waals surface area contributed by atoms with Crippen molar-refractivity contribution in [1.82, 2.24) is 5.32 Å². The maximum atomic E-state index is 14.1. The fourth-order valence-corrected chi connectivity index (χ4v) is 2.58. The summed E-state index contributed by atoms with van der Waals surface area (Å²) in [5.74, 6) is -1.10. The summed E-state index contributed by atoms with van der Waals surface area (Å²) in [7, 11) is 0. The molecule has 0 bridgehead atoms. The van der Waals surface area contributed by atoms with Crippen LogP contribution in [0.4, 0.5) is 8.78 Å². The lowest BCUT2D eigenvalue weighted by molar-refractivity contribution is 0.509. The molecule has 4 heteroatoms. The van der Waals surface area contributed by atoms with Crippen LogP contribution in [-0.4, -0.2) is 6.54 Å². The minimum Gasteiger partial charge on any atom is -0.306 e. The Morgan fingerprint density at radius 3 is 2.15 bits per heavy atom. The van der Waals surface area contributed by atoms with Crippen molar-refractivity contribution in [3.05, 3.63) is 69.2 Å². The van der Waals surface area contributed by atoms with E-state index in [9.17, 15) is 8.78 Å². The van der Waals surface area contributed by atoms with E-state index in [-0.39, 0.29) is 5.56 Å². The minimum atomic E-state index is -0.552. The van der Waals surface area contributed by atoms with Gasteiger partial charge in [-0.1, -0.05) is 52.7 Å².